The van der Waals surface area contributed by atoms with E-state index in [1.165, 1.54) is 12.1 Å². The summed E-state index contributed by atoms with van der Waals surface area (Å²) in [7, 11) is 0. The summed E-state index contributed by atoms with van der Waals surface area (Å²) < 4.78 is 0.801. The van der Waals surface area contributed by atoms with Crippen molar-refractivity contribution in [1.29, 1.82) is 0 Å². The Morgan fingerprint density at radius 1 is 0.957 bits per heavy atom. The van der Waals surface area contributed by atoms with E-state index in [4.69, 9.17) is 5.11 Å². The number of rotatable bonds is 5. The van der Waals surface area contributed by atoms with E-state index in [0.29, 0.717) is 16.8 Å². The maximum absolute atomic E-state index is 12.1. The topological polar surface area (TPSA) is 95.5 Å². The van der Waals surface area contributed by atoms with Gasteiger partial charge in [0.05, 0.1) is 0 Å². The maximum Gasteiger partial charge on any atom is 0.322 e. The minimum absolute atomic E-state index is 0.269. The van der Waals surface area contributed by atoms with Crippen molar-refractivity contribution in [2.75, 3.05) is 11.9 Å². The van der Waals surface area contributed by atoms with Crippen molar-refractivity contribution in [3.8, 4) is 0 Å². The molecule has 0 unspecified atom stereocenters. The number of aliphatic carboxylic acids is 1. The molecule has 0 spiro atoms. The van der Waals surface area contributed by atoms with Gasteiger partial charge in [-0.3, -0.25) is 14.4 Å². The Morgan fingerprint density at radius 3 is 2.26 bits per heavy atom. The molecule has 0 aliphatic carbocycles. The van der Waals surface area contributed by atoms with Gasteiger partial charge in [-0.2, -0.15) is 0 Å². The summed E-state index contributed by atoms with van der Waals surface area (Å²) in [5.74, 6) is -1.87. The molecule has 0 aliphatic heterocycles. The summed E-state index contributed by atoms with van der Waals surface area (Å²) in [5.41, 5.74) is 1.35. The van der Waals surface area contributed by atoms with Gasteiger partial charge in [0.15, 0.2) is 0 Å². The molecule has 0 bridgehead atoms. The third-order valence-corrected chi connectivity index (χ3v) is 3.39. The van der Waals surface area contributed by atoms with E-state index in [2.05, 4.69) is 26.6 Å². The fourth-order valence-corrected chi connectivity index (χ4v) is 2.20. The lowest BCUT2D eigenvalue weighted by atomic mass is 10.1. The fraction of sp³-hybridized carbons (Fsp3) is 0.0625. The van der Waals surface area contributed by atoms with Crippen LogP contribution in [-0.4, -0.2) is 29.4 Å². The van der Waals surface area contributed by atoms with Crippen molar-refractivity contribution in [3.63, 3.8) is 0 Å². The molecule has 0 atom stereocenters. The molecule has 0 fully saturated rings. The number of halogens is 1. The van der Waals surface area contributed by atoms with E-state index in [9.17, 15) is 14.4 Å². The molecule has 0 radical (unpaired) electrons. The summed E-state index contributed by atoms with van der Waals surface area (Å²) in [6.07, 6.45) is 0. The van der Waals surface area contributed by atoms with E-state index in [1.807, 2.05) is 6.07 Å². The lowest BCUT2D eigenvalue weighted by Gasteiger charge is -2.07. The first-order chi connectivity index (χ1) is 11.0. The molecule has 0 saturated heterocycles. The molecule has 2 aromatic carbocycles. The van der Waals surface area contributed by atoms with Crippen molar-refractivity contribution in [2.24, 2.45) is 0 Å². The van der Waals surface area contributed by atoms with Gasteiger partial charge in [0, 0.05) is 21.3 Å². The van der Waals surface area contributed by atoms with E-state index < -0.39 is 18.4 Å². The third kappa shape index (κ3) is 4.93. The first-order valence-corrected chi connectivity index (χ1v) is 7.42. The first-order valence-electron chi connectivity index (χ1n) is 6.62. The summed E-state index contributed by atoms with van der Waals surface area (Å²) in [5, 5.41) is 13.5. The van der Waals surface area contributed by atoms with Crippen LogP contribution in [0, 0.1) is 0 Å². The van der Waals surface area contributed by atoms with E-state index in [-0.39, 0.29) is 5.91 Å². The van der Waals surface area contributed by atoms with Gasteiger partial charge >= 0.3 is 5.97 Å². The predicted octanol–water partition coefficient (Wildman–Crippen LogP) is 2.52. The summed E-state index contributed by atoms with van der Waals surface area (Å²) in [4.78, 5) is 34.2. The van der Waals surface area contributed by atoms with E-state index in [0.717, 1.165) is 4.47 Å². The molecular weight excluding hydrogens is 364 g/mol. The van der Waals surface area contributed by atoms with Gasteiger partial charge in [0.1, 0.15) is 6.54 Å². The zero-order valence-electron chi connectivity index (χ0n) is 11.9. The van der Waals surface area contributed by atoms with Gasteiger partial charge in [-0.25, -0.2) is 0 Å². The normalized spacial score (nSPS) is 9.96. The van der Waals surface area contributed by atoms with Gasteiger partial charge in [-0.05, 0) is 42.5 Å². The van der Waals surface area contributed by atoms with Crippen LogP contribution in [0.5, 0.6) is 0 Å². The van der Waals surface area contributed by atoms with Crippen LogP contribution in [0.1, 0.15) is 20.7 Å². The van der Waals surface area contributed by atoms with Crippen LogP contribution in [-0.2, 0) is 4.79 Å². The number of carboxylic acids is 1. The Kier molecular flexibility index (Phi) is 5.48. The molecule has 2 aromatic rings. The van der Waals surface area contributed by atoms with E-state index in [1.54, 1.807) is 30.3 Å². The second kappa shape index (κ2) is 7.55. The predicted molar refractivity (Wildman–Crippen MR) is 88.5 cm³/mol. The molecule has 118 valence electrons. The molecule has 2 amide bonds. The molecular formula is C16H13BrN2O4. The number of nitrogens with one attached hydrogen (secondary N) is 2. The Hall–Kier alpha value is -2.67. The average molecular weight is 377 g/mol. The number of carbonyl (C=O) groups is 3. The Labute approximate surface area is 140 Å². The number of anilines is 1. The van der Waals surface area contributed by atoms with E-state index >= 15 is 0 Å². The Balaban J connectivity index is 2.01. The van der Waals surface area contributed by atoms with Crippen LogP contribution in [0.2, 0.25) is 0 Å². The zero-order chi connectivity index (χ0) is 16.8. The van der Waals surface area contributed by atoms with Crippen LogP contribution in [0.4, 0.5) is 5.69 Å². The summed E-state index contributed by atoms with van der Waals surface area (Å²) >= 11 is 3.30. The number of hydrogen-bond acceptors (Lipinski definition) is 3. The van der Waals surface area contributed by atoms with Gasteiger partial charge in [-0.1, -0.05) is 22.0 Å². The second-order valence-corrected chi connectivity index (χ2v) is 5.53. The van der Waals surface area contributed by atoms with Crippen LogP contribution in [0.15, 0.2) is 53.0 Å². The van der Waals surface area contributed by atoms with Crippen LogP contribution < -0.4 is 10.6 Å². The van der Waals surface area contributed by atoms with Crippen molar-refractivity contribution in [2.45, 2.75) is 0 Å². The van der Waals surface area contributed by atoms with Crippen molar-refractivity contribution in [3.05, 3.63) is 64.1 Å². The van der Waals surface area contributed by atoms with Crippen molar-refractivity contribution >= 4 is 39.4 Å². The molecule has 7 heteroatoms. The summed E-state index contributed by atoms with van der Waals surface area (Å²) in [6.45, 7) is -0.444. The largest absolute Gasteiger partial charge is 0.480 e. The number of carbonyl (C=O) groups excluding carboxylic acids is 2. The lowest BCUT2D eigenvalue weighted by Crippen LogP contribution is -2.29. The molecule has 3 N–H and O–H groups in total. The van der Waals surface area contributed by atoms with Crippen LogP contribution >= 0.6 is 15.9 Å². The quantitative estimate of drug-likeness (QED) is 0.746. The monoisotopic (exact) mass is 376 g/mol. The van der Waals surface area contributed by atoms with Crippen molar-refractivity contribution < 1.29 is 19.5 Å². The smallest absolute Gasteiger partial charge is 0.322 e. The third-order valence-electron chi connectivity index (χ3n) is 2.89. The van der Waals surface area contributed by atoms with Gasteiger partial charge in [0.2, 0.25) is 0 Å². The number of carboxylic acid groups (broad SMARTS) is 1. The highest BCUT2D eigenvalue weighted by atomic mass is 79.9. The molecule has 0 heterocycles. The zero-order valence-corrected chi connectivity index (χ0v) is 13.5. The molecule has 0 saturated carbocycles. The van der Waals surface area contributed by atoms with Crippen LogP contribution in [0.3, 0.4) is 0 Å². The summed E-state index contributed by atoms with van der Waals surface area (Å²) in [6, 6.07) is 13.1. The lowest BCUT2D eigenvalue weighted by molar-refractivity contribution is -0.135. The number of benzene rings is 2. The van der Waals surface area contributed by atoms with Gasteiger partial charge in [-0.15, -0.1) is 0 Å². The van der Waals surface area contributed by atoms with Crippen LogP contribution in [0.25, 0.3) is 0 Å². The fourth-order valence-electron chi connectivity index (χ4n) is 1.80. The van der Waals surface area contributed by atoms with Gasteiger partial charge < -0.3 is 15.7 Å². The van der Waals surface area contributed by atoms with Gasteiger partial charge in [0.25, 0.3) is 11.8 Å². The first kappa shape index (κ1) is 16.7. The minimum atomic E-state index is -1.11. The Morgan fingerprint density at radius 2 is 1.65 bits per heavy atom. The highest BCUT2D eigenvalue weighted by Gasteiger charge is 2.09. The highest BCUT2D eigenvalue weighted by molar-refractivity contribution is 9.10. The molecule has 2 rings (SSSR count). The molecule has 6 nitrogen and oxygen atoms in total. The Bertz CT molecular complexity index is 744. The number of amides is 2. The second-order valence-electron chi connectivity index (χ2n) is 4.62. The standard InChI is InChI=1S/C16H13BrN2O4/c17-12-3-1-2-11(8-12)16(23)19-13-6-4-10(5-7-13)15(22)18-9-14(20)21/h1-8H,9H2,(H,18,22)(H,19,23)(H,20,21). The van der Waals surface area contributed by atoms with Crippen molar-refractivity contribution in [1.82, 2.24) is 5.32 Å². The SMILES string of the molecule is O=C(O)CNC(=O)c1ccc(NC(=O)c2cccc(Br)c2)cc1. The minimum Gasteiger partial charge on any atom is -0.480 e. The number of hydrogen-bond donors (Lipinski definition) is 3. The maximum atomic E-state index is 12.1. The average Bonchev–Trinajstić information content (AvgIpc) is 2.53. The highest BCUT2D eigenvalue weighted by Crippen LogP contribution is 2.15. The molecule has 0 aromatic heterocycles. The molecule has 0 aliphatic rings. The molecule has 23 heavy (non-hydrogen) atoms.